The van der Waals surface area contributed by atoms with Gasteiger partial charge in [-0.3, -0.25) is 14.5 Å². The Hall–Kier alpha value is -3.00. The van der Waals surface area contributed by atoms with Gasteiger partial charge in [0.15, 0.2) is 0 Å². The first-order valence-corrected chi connectivity index (χ1v) is 10.5. The number of nitrogens with zero attached hydrogens (tertiary/aromatic N) is 5. The number of aromatic nitrogens is 2. The molecule has 0 bridgehead atoms. The van der Waals surface area contributed by atoms with Gasteiger partial charge < -0.3 is 9.64 Å². The third-order valence-corrected chi connectivity index (χ3v) is 5.57. The highest BCUT2D eigenvalue weighted by atomic mass is 16.5. The maximum atomic E-state index is 13.1. The van der Waals surface area contributed by atoms with Gasteiger partial charge in [-0.15, -0.1) is 0 Å². The van der Waals surface area contributed by atoms with E-state index in [4.69, 9.17) is 4.74 Å². The molecule has 0 saturated carbocycles. The largest absolute Gasteiger partial charge is 0.494 e. The van der Waals surface area contributed by atoms with Crippen LogP contribution < -0.4 is 14.5 Å². The van der Waals surface area contributed by atoms with Crippen molar-refractivity contribution in [3.8, 4) is 5.75 Å². The van der Waals surface area contributed by atoms with E-state index in [1.165, 1.54) is 4.90 Å². The summed E-state index contributed by atoms with van der Waals surface area (Å²) in [7, 11) is 0. The molecule has 8 nitrogen and oxygen atoms in total. The lowest BCUT2D eigenvalue weighted by molar-refractivity contribution is -0.123. The van der Waals surface area contributed by atoms with Gasteiger partial charge in [0.1, 0.15) is 5.75 Å². The molecule has 2 saturated heterocycles. The highest BCUT2D eigenvalue weighted by molar-refractivity contribution is 6.22. The summed E-state index contributed by atoms with van der Waals surface area (Å²) in [4.78, 5) is 39.8. The second-order valence-corrected chi connectivity index (χ2v) is 7.56. The van der Waals surface area contributed by atoms with Crippen LogP contribution in [0.1, 0.15) is 26.2 Å². The second-order valence-electron chi connectivity index (χ2n) is 7.56. The van der Waals surface area contributed by atoms with Crippen molar-refractivity contribution in [2.24, 2.45) is 0 Å². The first-order valence-electron chi connectivity index (χ1n) is 10.5. The Kier molecular flexibility index (Phi) is 6.23. The second kappa shape index (κ2) is 9.21. The normalized spacial score (nSPS) is 20.1. The van der Waals surface area contributed by atoms with Crippen LogP contribution in [0, 0.1) is 0 Å². The van der Waals surface area contributed by atoms with Crippen molar-refractivity contribution in [3.63, 3.8) is 0 Å². The van der Waals surface area contributed by atoms with Crippen molar-refractivity contribution in [1.82, 2.24) is 14.9 Å². The van der Waals surface area contributed by atoms with Crippen LogP contribution in [-0.2, 0) is 9.59 Å². The van der Waals surface area contributed by atoms with Crippen molar-refractivity contribution >= 4 is 23.5 Å². The zero-order valence-corrected chi connectivity index (χ0v) is 17.2. The number of anilines is 2. The number of ether oxygens (including phenoxy) is 1. The van der Waals surface area contributed by atoms with Crippen LogP contribution in [0.25, 0.3) is 0 Å². The quantitative estimate of drug-likeness (QED) is 0.512. The maximum Gasteiger partial charge on any atom is 0.251 e. The Labute approximate surface area is 176 Å². The van der Waals surface area contributed by atoms with Crippen molar-refractivity contribution in [2.75, 3.05) is 42.6 Å². The lowest BCUT2D eigenvalue weighted by atomic mass is 10.2. The maximum absolute atomic E-state index is 13.1. The molecule has 1 unspecified atom stereocenters. The van der Waals surface area contributed by atoms with Gasteiger partial charge in [-0.25, -0.2) is 14.9 Å². The zero-order chi connectivity index (χ0) is 20.9. The molecule has 30 heavy (non-hydrogen) atoms. The average molecular weight is 409 g/mol. The van der Waals surface area contributed by atoms with Crippen LogP contribution >= 0.6 is 0 Å². The molecule has 4 rings (SSSR count). The van der Waals surface area contributed by atoms with Crippen LogP contribution in [0.2, 0.25) is 0 Å². The van der Waals surface area contributed by atoms with E-state index < -0.39 is 6.04 Å². The van der Waals surface area contributed by atoms with E-state index in [0.29, 0.717) is 31.3 Å². The molecule has 0 aliphatic carbocycles. The molecule has 0 spiro atoms. The van der Waals surface area contributed by atoms with Gasteiger partial charge in [0.2, 0.25) is 11.9 Å². The van der Waals surface area contributed by atoms with Crippen molar-refractivity contribution < 1.29 is 14.3 Å². The number of amides is 2. The molecule has 2 fully saturated rings. The van der Waals surface area contributed by atoms with Crippen LogP contribution in [0.4, 0.5) is 11.6 Å². The molecule has 3 heterocycles. The molecule has 1 atom stereocenters. The van der Waals surface area contributed by atoms with Crippen molar-refractivity contribution in [1.29, 1.82) is 0 Å². The van der Waals surface area contributed by atoms with Gasteiger partial charge in [-0.05, 0) is 36.8 Å². The van der Waals surface area contributed by atoms with E-state index in [9.17, 15) is 9.59 Å². The van der Waals surface area contributed by atoms with E-state index >= 15 is 0 Å². The van der Waals surface area contributed by atoms with E-state index in [-0.39, 0.29) is 18.2 Å². The van der Waals surface area contributed by atoms with E-state index in [1.807, 2.05) is 12.1 Å². The van der Waals surface area contributed by atoms with Gasteiger partial charge in [0.25, 0.3) is 5.91 Å². The van der Waals surface area contributed by atoms with E-state index in [1.54, 1.807) is 30.6 Å². The van der Waals surface area contributed by atoms with Gasteiger partial charge in [0.05, 0.1) is 24.8 Å². The van der Waals surface area contributed by atoms with Crippen LogP contribution in [0.5, 0.6) is 5.75 Å². The highest BCUT2D eigenvalue weighted by Crippen LogP contribution is 2.28. The topological polar surface area (TPSA) is 78.9 Å². The van der Waals surface area contributed by atoms with Gasteiger partial charge in [-0.2, -0.15) is 0 Å². The number of rotatable bonds is 7. The molecule has 2 amide bonds. The fourth-order valence-electron chi connectivity index (χ4n) is 3.89. The molecule has 0 radical (unpaired) electrons. The Bertz CT molecular complexity index is 866. The minimum atomic E-state index is -0.406. The van der Waals surface area contributed by atoms with Crippen molar-refractivity contribution in [2.45, 2.75) is 32.2 Å². The SMILES string of the molecule is CCCCOc1ccc(N2C(=O)CC(N3CCN(c4ncccn4)CC3)C2=O)cc1. The highest BCUT2D eigenvalue weighted by Gasteiger charge is 2.43. The number of imide groups is 1. The molecular weight excluding hydrogens is 382 g/mol. The smallest absolute Gasteiger partial charge is 0.251 e. The molecule has 1 aromatic carbocycles. The number of hydrogen-bond donors (Lipinski definition) is 0. The molecular formula is C22H27N5O3. The monoisotopic (exact) mass is 409 g/mol. The summed E-state index contributed by atoms with van der Waals surface area (Å²) in [5, 5.41) is 0. The fraction of sp³-hybridized carbons (Fsp3) is 0.455. The van der Waals surface area contributed by atoms with E-state index in [2.05, 4.69) is 26.7 Å². The molecule has 0 N–H and O–H groups in total. The third kappa shape index (κ3) is 4.28. The molecule has 2 aromatic rings. The minimum Gasteiger partial charge on any atom is -0.494 e. The number of carbonyl (C=O) groups excluding carboxylic acids is 2. The van der Waals surface area contributed by atoms with Crippen molar-refractivity contribution in [3.05, 3.63) is 42.7 Å². The van der Waals surface area contributed by atoms with Crippen LogP contribution in [0.3, 0.4) is 0 Å². The summed E-state index contributed by atoms with van der Waals surface area (Å²) in [6, 6.07) is 8.58. The average Bonchev–Trinajstić information content (AvgIpc) is 3.09. The van der Waals surface area contributed by atoms with Gasteiger partial charge in [-0.1, -0.05) is 13.3 Å². The van der Waals surface area contributed by atoms with E-state index in [0.717, 1.165) is 31.7 Å². The Morgan fingerprint density at radius 3 is 2.40 bits per heavy atom. The molecule has 158 valence electrons. The Balaban J connectivity index is 1.37. The Morgan fingerprint density at radius 1 is 1.03 bits per heavy atom. The molecule has 2 aliphatic heterocycles. The molecule has 8 heteroatoms. The third-order valence-electron chi connectivity index (χ3n) is 5.57. The van der Waals surface area contributed by atoms with Gasteiger partial charge >= 0.3 is 0 Å². The summed E-state index contributed by atoms with van der Waals surface area (Å²) in [6.07, 6.45) is 5.74. The first kappa shape index (κ1) is 20.3. The van der Waals surface area contributed by atoms with Gasteiger partial charge in [0, 0.05) is 38.6 Å². The summed E-state index contributed by atoms with van der Waals surface area (Å²) in [5.41, 5.74) is 0.603. The first-order chi connectivity index (χ1) is 14.7. The zero-order valence-electron chi connectivity index (χ0n) is 17.2. The molecule has 1 aromatic heterocycles. The van der Waals surface area contributed by atoms with Crippen LogP contribution in [-0.4, -0.2) is 65.5 Å². The summed E-state index contributed by atoms with van der Waals surface area (Å²) in [6.45, 7) is 5.62. The number of unbranched alkanes of at least 4 members (excludes halogenated alkanes) is 1. The minimum absolute atomic E-state index is 0.149. The molecule has 2 aliphatic rings. The number of benzene rings is 1. The fourth-order valence-corrected chi connectivity index (χ4v) is 3.89. The summed E-state index contributed by atoms with van der Waals surface area (Å²) >= 11 is 0. The summed E-state index contributed by atoms with van der Waals surface area (Å²) in [5.74, 6) is 1.15. The predicted octanol–water partition coefficient (Wildman–Crippen LogP) is 2.11. The standard InChI is InChI=1S/C22H27N5O3/c1-2-3-15-30-18-7-5-17(6-8-18)27-20(28)16-19(21(27)29)25-11-13-26(14-12-25)22-23-9-4-10-24-22/h4-10,19H,2-3,11-16H2,1H3. The number of hydrogen-bond acceptors (Lipinski definition) is 7. The predicted molar refractivity (Wildman–Crippen MR) is 114 cm³/mol. The summed E-state index contributed by atoms with van der Waals surface area (Å²) < 4.78 is 5.67. The number of piperazine rings is 1. The lowest BCUT2D eigenvalue weighted by Gasteiger charge is -2.36. The van der Waals surface area contributed by atoms with Crippen LogP contribution in [0.15, 0.2) is 42.7 Å². The lowest BCUT2D eigenvalue weighted by Crippen LogP contribution is -2.53. The Morgan fingerprint density at radius 2 is 1.73 bits per heavy atom. The number of carbonyl (C=O) groups is 2.